The van der Waals surface area contributed by atoms with Crippen LogP contribution in [0.3, 0.4) is 0 Å². The summed E-state index contributed by atoms with van der Waals surface area (Å²) < 4.78 is 0. The summed E-state index contributed by atoms with van der Waals surface area (Å²) >= 11 is 2.93. The van der Waals surface area contributed by atoms with Crippen molar-refractivity contribution < 1.29 is 20.1 Å². The Morgan fingerprint density at radius 3 is 2.33 bits per heavy atom. The number of aliphatic hydroxyl groups is 2. The quantitative estimate of drug-likeness (QED) is 0.654. The number of aliphatic hydroxyl groups excluding tert-OH is 1. The lowest BCUT2D eigenvalue weighted by Gasteiger charge is -2.36. The second kappa shape index (κ2) is 8.41. The van der Waals surface area contributed by atoms with Crippen LogP contribution in [0.2, 0.25) is 0 Å². The summed E-state index contributed by atoms with van der Waals surface area (Å²) in [6.07, 6.45) is 0.988. The van der Waals surface area contributed by atoms with Crippen molar-refractivity contribution in [3.8, 4) is 0 Å². The zero-order valence-corrected chi connectivity index (χ0v) is 17.4. The van der Waals surface area contributed by atoms with E-state index in [-0.39, 0.29) is 5.92 Å². The van der Waals surface area contributed by atoms with Crippen LogP contribution in [-0.4, -0.2) is 51.9 Å². The second-order valence-corrected chi connectivity index (χ2v) is 9.25. The Kier molecular flexibility index (Phi) is 6.38. The Morgan fingerprint density at radius 2 is 1.85 bits per heavy atom. The summed E-state index contributed by atoms with van der Waals surface area (Å²) in [5.74, 6) is -1.09. The third-order valence-electron chi connectivity index (χ3n) is 5.47. The van der Waals surface area contributed by atoms with Gasteiger partial charge in [-0.25, -0.2) is 0 Å². The highest BCUT2D eigenvalue weighted by atomic mass is 32.1. The number of aryl methyl sites for hydroxylation is 2. The number of carboxylic acid groups (broad SMARTS) is 1. The van der Waals surface area contributed by atoms with Gasteiger partial charge in [-0.05, 0) is 73.7 Å². The van der Waals surface area contributed by atoms with Crippen LogP contribution in [-0.2, 0) is 10.4 Å². The minimum absolute atomic E-state index is 0.339. The maximum absolute atomic E-state index is 11.7. The molecule has 1 aliphatic rings. The lowest BCUT2D eigenvalue weighted by Crippen LogP contribution is -2.44. The van der Waals surface area contributed by atoms with E-state index in [1.807, 2.05) is 36.7 Å². The van der Waals surface area contributed by atoms with Gasteiger partial charge in [0.2, 0.25) is 0 Å². The molecule has 1 fully saturated rings. The largest absolute Gasteiger partial charge is 0.481 e. The number of likely N-dealkylation sites (tertiary alicyclic amines) is 1. The average Bonchev–Trinajstić information content (AvgIpc) is 3.28. The molecule has 0 spiro atoms. The molecule has 1 saturated heterocycles. The van der Waals surface area contributed by atoms with Crippen molar-refractivity contribution in [2.45, 2.75) is 44.8 Å². The van der Waals surface area contributed by atoms with Crippen LogP contribution in [0.15, 0.2) is 22.9 Å². The number of carboxylic acids is 1. The van der Waals surface area contributed by atoms with Crippen molar-refractivity contribution in [1.82, 2.24) is 4.90 Å². The number of aliphatic carboxylic acids is 1. The fourth-order valence-electron chi connectivity index (χ4n) is 3.91. The Hall–Kier alpha value is -1.25. The molecule has 0 bridgehead atoms. The van der Waals surface area contributed by atoms with E-state index >= 15 is 0 Å². The van der Waals surface area contributed by atoms with Gasteiger partial charge in [0.1, 0.15) is 0 Å². The van der Waals surface area contributed by atoms with Crippen molar-refractivity contribution >= 4 is 28.6 Å². The van der Waals surface area contributed by atoms with Gasteiger partial charge in [-0.2, -0.15) is 0 Å². The molecule has 0 radical (unpaired) electrons. The molecule has 3 N–H and O–H groups in total. The van der Waals surface area contributed by atoms with Crippen LogP contribution in [0.25, 0.3) is 0 Å². The Morgan fingerprint density at radius 1 is 1.26 bits per heavy atom. The average molecular weight is 410 g/mol. The van der Waals surface area contributed by atoms with Crippen LogP contribution in [0, 0.1) is 19.8 Å². The molecule has 1 aliphatic heterocycles. The number of thiophene rings is 2. The smallest absolute Gasteiger partial charge is 0.307 e. The monoisotopic (exact) mass is 409 g/mol. The molecule has 7 heteroatoms. The Labute approximate surface area is 167 Å². The molecule has 0 aromatic carbocycles. The first-order valence-corrected chi connectivity index (χ1v) is 11.0. The van der Waals surface area contributed by atoms with Gasteiger partial charge in [0.15, 0.2) is 5.60 Å². The van der Waals surface area contributed by atoms with Crippen LogP contribution >= 0.6 is 22.7 Å². The molecular formula is C20H27NO4S2. The first-order chi connectivity index (χ1) is 12.8. The van der Waals surface area contributed by atoms with Gasteiger partial charge in [-0.1, -0.05) is 0 Å². The number of hydrogen-bond donors (Lipinski definition) is 3. The molecule has 3 rings (SSSR count). The molecule has 2 unspecified atom stereocenters. The zero-order valence-electron chi connectivity index (χ0n) is 15.7. The maximum Gasteiger partial charge on any atom is 0.307 e. The summed E-state index contributed by atoms with van der Waals surface area (Å²) in [5.41, 5.74) is 0.509. The van der Waals surface area contributed by atoms with Gasteiger partial charge in [-0.15, -0.1) is 22.7 Å². The first kappa shape index (κ1) is 20.5. The molecule has 3 heterocycles. The molecule has 2 atom stereocenters. The van der Waals surface area contributed by atoms with E-state index in [1.54, 1.807) is 0 Å². The third kappa shape index (κ3) is 4.12. The molecule has 0 amide bonds. The summed E-state index contributed by atoms with van der Waals surface area (Å²) in [7, 11) is 0. The standard InChI is InChI=1S/C20H27NO4S2/c1-13-6-10-26-17(13)20(25,18-14(2)7-11-27-18)16(22)5-9-21-8-3-4-15(12-21)19(23)24/h6-7,10-11,15-16,22,25H,3-5,8-9,12H2,1-2H3,(H,23,24). The fraction of sp³-hybridized carbons (Fsp3) is 0.550. The van der Waals surface area contributed by atoms with Gasteiger partial charge in [-0.3, -0.25) is 4.79 Å². The van der Waals surface area contributed by atoms with E-state index in [4.69, 9.17) is 0 Å². The predicted octanol–water partition coefficient (Wildman–Crippen LogP) is 3.21. The minimum Gasteiger partial charge on any atom is -0.481 e. The van der Waals surface area contributed by atoms with Crippen molar-refractivity contribution in [1.29, 1.82) is 0 Å². The van der Waals surface area contributed by atoms with Crippen LogP contribution in [0.4, 0.5) is 0 Å². The SMILES string of the molecule is Cc1ccsc1C(O)(c1sccc1C)C(O)CCN1CCCC(C(=O)O)C1. The molecule has 0 aliphatic carbocycles. The Bertz CT molecular complexity index is 744. The number of piperidine rings is 1. The number of hydrogen-bond acceptors (Lipinski definition) is 6. The van der Waals surface area contributed by atoms with Crippen molar-refractivity contribution in [3.05, 3.63) is 43.8 Å². The number of rotatable bonds is 7. The third-order valence-corrected chi connectivity index (χ3v) is 7.75. The molecule has 0 saturated carbocycles. The van der Waals surface area contributed by atoms with E-state index in [0.29, 0.717) is 25.9 Å². The minimum atomic E-state index is -1.43. The first-order valence-electron chi connectivity index (χ1n) is 9.28. The molecule has 2 aromatic heterocycles. The molecular weight excluding hydrogens is 382 g/mol. The zero-order chi connectivity index (χ0) is 19.6. The summed E-state index contributed by atoms with van der Waals surface area (Å²) in [5, 5.41) is 35.9. The normalized spacial score (nSPS) is 19.9. The highest BCUT2D eigenvalue weighted by molar-refractivity contribution is 7.12. The summed E-state index contributed by atoms with van der Waals surface area (Å²) in [6.45, 7) is 5.83. The maximum atomic E-state index is 11.7. The highest BCUT2D eigenvalue weighted by Crippen LogP contribution is 2.43. The topological polar surface area (TPSA) is 81.0 Å². The van der Waals surface area contributed by atoms with Crippen LogP contribution in [0.5, 0.6) is 0 Å². The van der Waals surface area contributed by atoms with E-state index in [9.17, 15) is 20.1 Å². The lowest BCUT2D eigenvalue weighted by atomic mass is 9.87. The van der Waals surface area contributed by atoms with Crippen molar-refractivity contribution in [3.63, 3.8) is 0 Å². The highest BCUT2D eigenvalue weighted by Gasteiger charge is 2.43. The lowest BCUT2D eigenvalue weighted by molar-refractivity contribution is -0.143. The number of nitrogens with zero attached hydrogens (tertiary/aromatic N) is 1. The summed E-state index contributed by atoms with van der Waals surface area (Å²) in [4.78, 5) is 14.9. The second-order valence-electron chi connectivity index (χ2n) is 7.41. The van der Waals surface area contributed by atoms with Gasteiger partial charge in [0, 0.05) is 22.8 Å². The van der Waals surface area contributed by atoms with Crippen molar-refractivity contribution in [2.75, 3.05) is 19.6 Å². The number of carbonyl (C=O) groups is 1. The van der Waals surface area contributed by atoms with Gasteiger partial charge < -0.3 is 20.2 Å². The van der Waals surface area contributed by atoms with E-state index < -0.39 is 17.7 Å². The molecule has 148 valence electrons. The fourth-order valence-corrected chi connectivity index (χ4v) is 6.13. The van der Waals surface area contributed by atoms with Gasteiger partial charge in [0.25, 0.3) is 0 Å². The van der Waals surface area contributed by atoms with Crippen molar-refractivity contribution in [2.24, 2.45) is 5.92 Å². The van der Waals surface area contributed by atoms with E-state index in [1.165, 1.54) is 22.7 Å². The van der Waals surface area contributed by atoms with Gasteiger partial charge >= 0.3 is 5.97 Å². The van der Waals surface area contributed by atoms with Crippen LogP contribution < -0.4 is 0 Å². The van der Waals surface area contributed by atoms with Gasteiger partial charge in [0.05, 0.1) is 12.0 Å². The molecule has 2 aromatic rings. The summed E-state index contributed by atoms with van der Waals surface area (Å²) in [6, 6.07) is 3.92. The Balaban J connectivity index is 1.78. The molecule has 5 nitrogen and oxygen atoms in total. The molecule has 27 heavy (non-hydrogen) atoms. The van der Waals surface area contributed by atoms with E-state index in [2.05, 4.69) is 4.90 Å². The van der Waals surface area contributed by atoms with Crippen LogP contribution in [0.1, 0.15) is 40.1 Å². The van der Waals surface area contributed by atoms with E-state index in [0.717, 1.165) is 33.8 Å². The predicted molar refractivity (Wildman–Crippen MR) is 109 cm³/mol.